The second-order valence-corrected chi connectivity index (χ2v) is 7.74. The Hall–Kier alpha value is -3.50. The molecular weight excluding hydrogens is 392 g/mol. The van der Waals surface area contributed by atoms with Crippen LogP contribution in [0.5, 0.6) is 11.5 Å². The van der Waals surface area contributed by atoms with Gasteiger partial charge in [0.05, 0.1) is 0 Å². The number of nitriles is 1. The largest absolute Gasteiger partial charge is 0.454 e. The molecule has 0 spiro atoms. The summed E-state index contributed by atoms with van der Waals surface area (Å²) in [5.74, 6) is 0.976. The highest BCUT2D eigenvalue weighted by atomic mass is 16.7. The van der Waals surface area contributed by atoms with Crippen molar-refractivity contribution in [1.82, 2.24) is 15.5 Å². The number of hydrogen-bond donors (Lipinski definition) is 2. The van der Waals surface area contributed by atoms with Gasteiger partial charge in [0.25, 0.3) is 5.91 Å². The number of piperidine rings is 1. The molecular formula is C24H26N4O3. The Morgan fingerprint density at radius 2 is 1.87 bits per heavy atom. The highest BCUT2D eigenvalue weighted by molar-refractivity contribution is 5.97. The summed E-state index contributed by atoms with van der Waals surface area (Å²) in [4.78, 5) is 14.8. The Balaban J connectivity index is 1.23. The molecule has 1 saturated heterocycles. The van der Waals surface area contributed by atoms with Gasteiger partial charge in [-0.25, -0.2) is 0 Å². The van der Waals surface area contributed by atoms with Crippen molar-refractivity contribution >= 4 is 5.91 Å². The second-order valence-electron chi connectivity index (χ2n) is 7.74. The quantitative estimate of drug-likeness (QED) is 0.531. The van der Waals surface area contributed by atoms with Crippen LogP contribution in [0.3, 0.4) is 0 Å². The van der Waals surface area contributed by atoms with E-state index in [1.54, 1.807) is 6.20 Å². The van der Waals surface area contributed by atoms with Crippen LogP contribution < -0.4 is 20.1 Å². The Morgan fingerprint density at radius 3 is 2.65 bits per heavy atom. The lowest BCUT2D eigenvalue weighted by Crippen LogP contribution is -2.40. The molecule has 0 atom stereocenters. The van der Waals surface area contributed by atoms with E-state index in [2.05, 4.69) is 39.8 Å². The summed E-state index contributed by atoms with van der Waals surface area (Å²) in [5, 5.41) is 15.4. The molecule has 0 radical (unpaired) electrons. The first-order chi connectivity index (χ1) is 15.2. The lowest BCUT2D eigenvalue weighted by molar-refractivity contribution is -0.117. The van der Waals surface area contributed by atoms with Crippen molar-refractivity contribution in [3.8, 4) is 17.6 Å². The third-order valence-electron chi connectivity index (χ3n) is 5.56. The highest BCUT2D eigenvalue weighted by Crippen LogP contribution is 2.32. The van der Waals surface area contributed by atoms with Crippen molar-refractivity contribution in [1.29, 1.82) is 5.26 Å². The van der Waals surface area contributed by atoms with Gasteiger partial charge in [-0.1, -0.05) is 36.4 Å². The third kappa shape index (κ3) is 5.56. The van der Waals surface area contributed by atoms with E-state index in [-0.39, 0.29) is 18.4 Å². The fourth-order valence-corrected chi connectivity index (χ4v) is 3.78. The number of ether oxygens (including phenoxy) is 2. The maximum absolute atomic E-state index is 12.4. The lowest BCUT2D eigenvalue weighted by atomic mass is 10.0. The predicted octanol–water partition coefficient (Wildman–Crippen LogP) is 2.69. The number of likely N-dealkylation sites (tertiary alicyclic amines) is 1. The molecule has 2 N–H and O–H groups in total. The lowest BCUT2D eigenvalue weighted by Gasteiger charge is -2.32. The van der Waals surface area contributed by atoms with Crippen LogP contribution in [-0.2, 0) is 17.9 Å². The molecule has 0 unspecified atom stereocenters. The van der Waals surface area contributed by atoms with E-state index in [1.165, 1.54) is 5.56 Å². The molecule has 1 fully saturated rings. The minimum Gasteiger partial charge on any atom is -0.454 e. The maximum atomic E-state index is 12.4. The number of nitrogens with one attached hydrogen (secondary N) is 2. The number of benzene rings is 2. The average molecular weight is 418 g/mol. The first-order valence-corrected chi connectivity index (χ1v) is 10.5. The van der Waals surface area contributed by atoms with Crippen molar-refractivity contribution in [3.63, 3.8) is 0 Å². The summed E-state index contributed by atoms with van der Waals surface area (Å²) in [7, 11) is 0. The summed E-state index contributed by atoms with van der Waals surface area (Å²) < 4.78 is 10.6. The Bertz CT molecular complexity index is 976. The normalized spacial score (nSPS) is 16.5. The molecule has 1 amide bonds. The van der Waals surface area contributed by atoms with Crippen LogP contribution in [-0.4, -0.2) is 36.7 Å². The molecule has 7 heteroatoms. The molecule has 2 aromatic carbocycles. The third-order valence-corrected chi connectivity index (χ3v) is 5.56. The van der Waals surface area contributed by atoms with E-state index in [0.29, 0.717) is 18.0 Å². The number of carbonyl (C=O) groups excluding carboxylic acids is 1. The summed E-state index contributed by atoms with van der Waals surface area (Å²) in [6.07, 6.45) is 3.49. The Labute approximate surface area is 182 Å². The standard InChI is InChI=1S/C24H26N4O3/c25-13-20(24(29)27-14-19-6-7-22-23(12-19)31-17-30-22)15-26-21-8-10-28(11-9-21)16-18-4-2-1-3-5-18/h1-7,12,15,21,26H,8-11,14,16-17H2,(H,27,29)/b20-15-. The van der Waals surface area contributed by atoms with Crippen LogP contribution in [0.15, 0.2) is 60.3 Å². The van der Waals surface area contributed by atoms with E-state index >= 15 is 0 Å². The molecule has 7 nitrogen and oxygen atoms in total. The van der Waals surface area contributed by atoms with Gasteiger partial charge >= 0.3 is 0 Å². The van der Waals surface area contributed by atoms with E-state index in [0.717, 1.165) is 38.0 Å². The van der Waals surface area contributed by atoms with E-state index in [4.69, 9.17) is 9.47 Å². The highest BCUT2D eigenvalue weighted by Gasteiger charge is 2.19. The molecule has 2 heterocycles. The molecule has 4 rings (SSSR count). The summed E-state index contributed by atoms with van der Waals surface area (Å²) in [6.45, 7) is 3.45. The fourth-order valence-electron chi connectivity index (χ4n) is 3.78. The zero-order valence-corrected chi connectivity index (χ0v) is 17.3. The average Bonchev–Trinajstić information content (AvgIpc) is 3.28. The molecule has 0 saturated carbocycles. The van der Waals surface area contributed by atoms with Crippen LogP contribution >= 0.6 is 0 Å². The number of hydrogen-bond acceptors (Lipinski definition) is 6. The van der Waals surface area contributed by atoms with Gasteiger partial charge in [-0.15, -0.1) is 0 Å². The zero-order chi connectivity index (χ0) is 21.5. The minimum absolute atomic E-state index is 0.0764. The van der Waals surface area contributed by atoms with Gasteiger partial charge in [0.2, 0.25) is 6.79 Å². The smallest absolute Gasteiger partial charge is 0.263 e. The van der Waals surface area contributed by atoms with Crippen molar-refractivity contribution < 1.29 is 14.3 Å². The van der Waals surface area contributed by atoms with E-state index in [9.17, 15) is 10.1 Å². The summed E-state index contributed by atoms with van der Waals surface area (Å²) in [6, 6.07) is 18.2. The van der Waals surface area contributed by atoms with Crippen molar-refractivity contribution in [3.05, 3.63) is 71.4 Å². The fraction of sp³-hybridized carbons (Fsp3) is 0.333. The number of carbonyl (C=O) groups is 1. The van der Waals surface area contributed by atoms with Crippen LogP contribution in [0.4, 0.5) is 0 Å². The number of rotatable bonds is 7. The van der Waals surface area contributed by atoms with Gasteiger partial charge in [-0.3, -0.25) is 9.69 Å². The predicted molar refractivity (Wildman–Crippen MR) is 116 cm³/mol. The molecule has 0 aromatic heterocycles. The SMILES string of the molecule is N#C/C(=C/NC1CCN(Cc2ccccc2)CC1)C(=O)NCc1ccc2c(c1)OCO2. The molecule has 160 valence electrons. The molecule has 2 aliphatic rings. The van der Waals surface area contributed by atoms with Crippen LogP contribution in [0.1, 0.15) is 24.0 Å². The second kappa shape index (κ2) is 10.0. The van der Waals surface area contributed by atoms with Gasteiger partial charge in [-0.2, -0.15) is 5.26 Å². The number of amides is 1. The molecule has 0 bridgehead atoms. The van der Waals surface area contributed by atoms with Gasteiger partial charge in [0.1, 0.15) is 11.6 Å². The molecule has 2 aliphatic heterocycles. The van der Waals surface area contributed by atoms with Crippen molar-refractivity contribution in [2.45, 2.75) is 32.0 Å². The maximum Gasteiger partial charge on any atom is 0.263 e. The zero-order valence-electron chi connectivity index (χ0n) is 17.3. The molecule has 0 aliphatic carbocycles. The summed E-state index contributed by atoms with van der Waals surface area (Å²) >= 11 is 0. The number of fused-ring (bicyclic) bond motifs is 1. The van der Waals surface area contributed by atoms with E-state index < -0.39 is 5.91 Å². The Kier molecular flexibility index (Phi) is 6.70. The minimum atomic E-state index is -0.394. The molecule has 31 heavy (non-hydrogen) atoms. The Morgan fingerprint density at radius 1 is 1.10 bits per heavy atom. The molecule has 2 aromatic rings. The van der Waals surface area contributed by atoms with E-state index in [1.807, 2.05) is 30.3 Å². The number of nitrogens with zero attached hydrogens (tertiary/aromatic N) is 2. The van der Waals surface area contributed by atoms with Crippen LogP contribution in [0, 0.1) is 11.3 Å². The van der Waals surface area contributed by atoms with Crippen LogP contribution in [0.25, 0.3) is 0 Å². The van der Waals surface area contributed by atoms with Gasteiger partial charge in [-0.05, 0) is 36.1 Å². The monoisotopic (exact) mass is 418 g/mol. The summed E-state index contributed by atoms with van der Waals surface area (Å²) in [5.41, 5.74) is 2.28. The topological polar surface area (TPSA) is 86.6 Å². The van der Waals surface area contributed by atoms with Gasteiger partial charge < -0.3 is 20.1 Å². The van der Waals surface area contributed by atoms with Crippen LogP contribution in [0.2, 0.25) is 0 Å². The first-order valence-electron chi connectivity index (χ1n) is 10.5. The first kappa shape index (κ1) is 20.8. The van der Waals surface area contributed by atoms with Gasteiger partial charge in [0.15, 0.2) is 11.5 Å². The van der Waals surface area contributed by atoms with Gasteiger partial charge in [0, 0.05) is 38.4 Å². The van der Waals surface area contributed by atoms with Crippen molar-refractivity contribution in [2.75, 3.05) is 19.9 Å². The van der Waals surface area contributed by atoms with Crippen molar-refractivity contribution in [2.24, 2.45) is 0 Å².